The van der Waals surface area contributed by atoms with Crippen LogP contribution in [0.15, 0.2) is 0 Å². The molecule has 0 aromatic heterocycles. The predicted octanol–water partition coefficient (Wildman–Crippen LogP) is -6.82. The van der Waals surface area contributed by atoms with Gasteiger partial charge in [-0.15, -0.1) is 0 Å². The molecule has 16 nitrogen and oxygen atoms in total. The first-order chi connectivity index (χ1) is 14.1. The second-order valence-corrected chi connectivity index (χ2v) is 7.16. The monoisotopic (exact) mass is 480 g/mol. The van der Waals surface area contributed by atoms with Gasteiger partial charge in [-0.25, -0.2) is 4.18 Å². The molecule has 0 aliphatic heterocycles. The Balaban J connectivity index is 0. The molecule has 17 heteroatoms. The molecule has 0 saturated carbocycles. The summed E-state index contributed by atoms with van der Waals surface area (Å²) in [7, 11) is -4.76. The average molecular weight is 480 g/mol. The van der Waals surface area contributed by atoms with Gasteiger partial charge in [0, 0.05) is 6.92 Å². The average Bonchev–Trinajstić information content (AvgIpc) is 2.71. The minimum atomic E-state index is -4.76. The summed E-state index contributed by atoms with van der Waals surface area (Å²) in [6.45, 7) is -0.607. The third kappa shape index (κ3) is 13.4. The Morgan fingerprint density at radius 2 is 1.45 bits per heavy atom. The molecule has 8 atom stereocenters. The first-order valence-electron chi connectivity index (χ1n) is 8.37. The molecule has 0 spiro atoms. The topological polar surface area (TPSA) is 294 Å². The first kappa shape index (κ1) is 31.5. The SMILES string of the molecule is CC(=O)N[C@@H](C=O)[C@@H](O)[C@H](O)[C@H](O)CO.N[C@@H](C=O)[C@@H](O)[C@H](O)[C@H](O)COS(=O)(=O)O. The second kappa shape index (κ2) is 15.2. The van der Waals surface area contributed by atoms with Crippen LogP contribution in [0.25, 0.3) is 0 Å². The van der Waals surface area contributed by atoms with Gasteiger partial charge in [-0.1, -0.05) is 0 Å². The number of carbonyl (C=O) groups is 3. The lowest BCUT2D eigenvalue weighted by molar-refractivity contribution is -0.129. The highest BCUT2D eigenvalue weighted by atomic mass is 32.3. The number of aldehydes is 2. The van der Waals surface area contributed by atoms with E-state index in [1.807, 2.05) is 0 Å². The number of hydrogen-bond donors (Lipinski definition) is 10. The van der Waals surface area contributed by atoms with Gasteiger partial charge >= 0.3 is 10.4 Å². The Labute approximate surface area is 176 Å². The van der Waals surface area contributed by atoms with Crippen molar-refractivity contribution in [2.45, 2.75) is 55.6 Å². The van der Waals surface area contributed by atoms with E-state index in [2.05, 4.69) is 9.50 Å². The molecule has 0 aromatic rings. The molecule has 0 aliphatic rings. The Morgan fingerprint density at radius 3 is 1.81 bits per heavy atom. The van der Waals surface area contributed by atoms with Crippen LogP contribution < -0.4 is 11.1 Å². The van der Waals surface area contributed by atoms with Crippen LogP contribution in [0, 0.1) is 0 Å². The zero-order valence-corrected chi connectivity index (χ0v) is 17.0. The summed E-state index contributed by atoms with van der Waals surface area (Å²) in [6, 6.07) is -2.76. The van der Waals surface area contributed by atoms with Gasteiger partial charge in [0.2, 0.25) is 5.91 Å². The maximum absolute atomic E-state index is 10.6. The molecular formula is C14H28N2O14S. The number of hydrogen-bond acceptors (Lipinski definition) is 14. The summed E-state index contributed by atoms with van der Waals surface area (Å²) < 4.78 is 32.1. The zero-order chi connectivity index (χ0) is 24.9. The van der Waals surface area contributed by atoms with Crippen LogP contribution in [0.2, 0.25) is 0 Å². The fourth-order valence-electron chi connectivity index (χ4n) is 1.77. The Hall–Kier alpha value is -1.64. The molecule has 0 aromatic carbocycles. The minimum Gasteiger partial charge on any atom is -0.394 e. The van der Waals surface area contributed by atoms with Crippen molar-refractivity contribution in [2.75, 3.05) is 13.2 Å². The highest BCUT2D eigenvalue weighted by molar-refractivity contribution is 7.80. The molecule has 0 heterocycles. The van der Waals surface area contributed by atoms with E-state index in [-0.39, 0.29) is 12.6 Å². The van der Waals surface area contributed by atoms with Gasteiger partial charge in [0.05, 0.1) is 19.3 Å². The summed E-state index contributed by atoms with van der Waals surface area (Å²) >= 11 is 0. The van der Waals surface area contributed by atoms with E-state index in [1.54, 1.807) is 0 Å². The standard InChI is InChI=1S/C8H15NO6.C6H13NO8S/c1-4(12)9-5(2-10)7(14)8(15)6(13)3-11;7-3(1-8)5(10)6(11)4(9)2-15-16(12,13)14/h2,5-8,11,13-15H,3H2,1H3,(H,9,12);1,3-6,9-11H,2,7H2,(H,12,13,14)/t5-,6+,7+,8+;3-,4+,5+,6+/m00/s1. The number of aliphatic hydroxyl groups is 7. The number of nitrogens with two attached hydrogens (primary N) is 1. The van der Waals surface area contributed by atoms with Crippen molar-refractivity contribution in [3.8, 4) is 0 Å². The van der Waals surface area contributed by atoms with Crippen molar-refractivity contribution < 1.29 is 67.3 Å². The molecule has 0 fully saturated rings. The number of amides is 1. The van der Waals surface area contributed by atoms with Crippen LogP contribution in [0.4, 0.5) is 0 Å². The van der Waals surface area contributed by atoms with Gasteiger partial charge < -0.3 is 56.4 Å². The molecule has 11 N–H and O–H groups in total. The van der Waals surface area contributed by atoms with Crippen molar-refractivity contribution in [1.82, 2.24) is 5.32 Å². The molecule has 0 rings (SSSR count). The van der Waals surface area contributed by atoms with Crippen molar-refractivity contribution in [1.29, 1.82) is 0 Å². The Kier molecular flexibility index (Phi) is 15.5. The fourth-order valence-corrected chi connectivity index (χ4v) is 2.08. The minimum absolute atomic E-state index is 0.143. The molecule has 1 amide bonds. The lowest BCUT2D eigenvalue weighted by atomic mass is 10.0. The van der Waals surface area contributed by atoms with Crippen molar-refractivity contribution in [3.63, 3.8) is 0 Å². The van der Waals surface area contributed by atoms with Gasteiger partial charge in [-0.2, -0.15) is 8.42 Å². The largest absolute Gasteiger partial charge is 0.397 e. The molecule has 0 radical (unpaired) electrons. The quantitative estimate of drug-likeness (QED) is 0.0865. The lowest BCUT2D eigenvalue weighted by Gasteiger charge is -2.25. The van der Waals surface area contributed by atoms with Crippen molar-refractivity contribution in [3.05, 3.63) is 0 Å². The molecule has 0 bridgehead atoms. The van der Waals surface area contributed by atoms with Crippen molar-refractivity contribution >= 4 is 28.9 Å². The number of carbonyl (C=O) groups excluding carboxylic acids is 3. The van der Waals surface area contributed by atoms with Crippen LogP contribution >= 0.6 is 0 Å². The van der Waals surface area contributed by atoms with E-state index >= 15 is 0 Å². The maximum atomic E-state index is 10.6. The Morgan fingerprint density at radius 1 is 0.968 bits per heavy atom. The lowest BCUT2D eigenvalue weighted by Crippen LogP contribution is -2.53. The van der Waals surface area contributed by atoms with Gasteiger partial charge in [0.25, 0.3) is 0 Å². The Bertz CT molecular complexity index is 647. The van der Waals surface area contributed by atoms with Crippen LogP contribution in [-0.4, -0.2) is 129 Å². The predicted molar refractivity (Wildman–Crippen MR) is 98.3 cm³/mol. The van der Waals surface area contributed by atoms with Gasteiger partial charge in [0.15, 0.2) is 0 Å². The summed E-state index contributed by atoms with van der Waals surface area (Å²) in [4.78, 5) is 31.2. The van der Waals surface area contributed by atoms with Gasteiger partial charge in [-0.05, 0) is 0 Å². The summed E-state index contributed by atoms with van der Waals surface area (Å²) in [5.41, 5.74) is 5.04. The third-order valence-corrected chi connectivity index (χ3v) is 3.93. The number of nitrogens with one attached hydrogen (secondary N) is 1. The summed E-state index contributed by atoms with van der Waals surface area (Å²) in [6.07, 6.45) is -10.1. The molecule has 0 unspecified atom stereocenters. The third-order valence-electron chi connectivity index (χ3n) is 3.50. The van der Waals surface area contributed by atoms with Crippen LogP contribution in [0.1, 0.15) is 6.92 Å². The van der Waals surface area contributed by atoms with Gasteiger partial charge in [0.1, 0.15) is 55.2 Å². The highest BCUT2D eigenvalue weighted by Gasteiger charge is 2.31. The van der Waals surface area contributed by atoms with Crippen LogP contribution in [-0.2, 0) is 29.0 Å². The second-order valence-electron chi connectivity index (χ2n) is 6.07. The van der Waals surface area contributed by atoms with E-state index in [4.69, 9.17) is 30.7 Å². The van der Waals surface area contributed by atoms with Crippen LogP contribution in [0.5, 0.6) is 0 Å². The van der Waals surface area contributed by atoms with E-state index in [9.17, 15) is 38.1 Å². The van der Waals surface area contributed by atoms with E-state index in [0.717, 1.165) is 6.92 Å². The van der Waals surface area contributed by atoms with E-state index in [0.29, 0.717) is 0 Å². The number of aliphatic hydroxyl groups excluding tert-OH is 7. The normalized spacial score (nSPS) is 19.3. The van der Waals surface area contributed by atoms with Crippen molar-refractivity contribution in [2.24, 2.45) is 5.73 Å². The van der Waals surface area contributed by atoms with Crippen LogP contribution in [0.3, 0.4) is 0 Å². The summed E-state index contributed by atoms with van der Waals surface area (Å²) in [5, 5.41) is 65.6. The molecule has 184 valence electrons. The smallest absolute Gasteiger partial charge is 0.394 e. The van der Waals surface area contributed by atoms with E-state index in [1.165, 1.54) is 0 Å². The number of rotatable bonds is 13. The zero-order valence-electron chi connectivity index (χ0n) is 16.2. The summed E-state index contributed by atoms with van der Waals surface area (Å²) in [5.74, 6) is -0.558. The molecular weight excluding hydrogens is 452 g/mol. The maximum Gasteiger partial charge on any atom is 0.397 e. The fraction of sp³-hybridized carbons (Fsp3) is 0.786. The first-order valence-corrected chi connectivity index (χ1v) is 9.73. The molecule has 0 aliphatic carbocycles. The van der Waals surface area contributed by atoms with E-state index < -0.39 is 78.2 Å². The molecule has 31 heavy (non-hydrogen) atoms. The van der Waals surface area contributed by atoms with Gasteiger partial charge in [-0.3, -0.25) is 9.35 Å². The highest BCUT2D eigenvalue weighted by Crippen LogP contribution is 2.05. The molecule has 0 saturated heterocycles.